The highest BCUT2D eigenvalue weighted by molar-refractivity contribution is 4.48. The summed E-state index contributed by atoms with van der Waals surface area (Å²) >= 11 is 0. The van der Waals surface area contributed by atoms with Gasteiger partial charge in [0.15, 0.2) is 0 Å². The van der Waals surface area contributed by atoms with E-state index < -0.39 is 0 Å². The highest BCUT2D eigenvalue weighted by Gasteiger charge is 2.13. The topological polar surface area (TPSA) is 0 Å². The number of quaternary nitrogens is 1. The van der Waals surface area contributed by atoms with Gasteiger partial charge in [0.1, 0.15) is 0 Å². The molecule has 0 aromatic rings. The molecule has 0 radical (unpaired) electrons. The summed E-state index contributed by atoms with van der Waals surface area (Å²) in [5, 5.41) is 0. The minimum atomic E-state index is 0. The minimum absolute atomic E-state index is 0. The molecule has 0 aliphatic rings. The average molecular weight is 328 g/mol. The molecule has 1 nitrogen and oxygen atoms in total. The first-order chi connectivity index (χ1) is 11.1. The predicted octanol–water partition coefficient (Wildman–Crippen LogP) is 7.46. The molecule has 23 heavy (non-hydrogen) atoms. The van der Waals surface area contributed by atoms with E-state index >= 15 is 0 Å². The van der Waals surface area contributed by atoms with Crippen molar-refractivity contribution >= 4 is 0 Å². The molecule has 0 saturated carbocycles. The van der Waals surface area contributed by atoms with Gasteiger partial charge in [-0.2, -0.15) is 0 Å². The van der Waals surface area contributed by atoms with Gasteiger partial charge in [-0.15, -0.1) is 0 Å². The van der Waals surface area contributed by atoms with E-state index in [1.807, 2.05) is 0 Å². The summed E-state index contributed by atoms with van der Waals surface area (Å²) in [5.41, 5.74) is 0. The van der Waals surface area contributed by atoms with E-state index in [9.17, 15) is 0 Å². The molecule has 0 amide bonds. The zero-order valence-corrected chi connectivity index (χ0v) is 17.2. The third kappa shape index (κ3) is 18.1. The maximum absolute atomic E-state index is 2.43. The Morgan fingerprint density at radius 2 is 0.696 bits per heavy atom. The summed E-state index contributed by atoms with van der Waals surface area (Å²) in [7, 11) is 4.87. The highest BCUT2D eigenvalue weighted by Crippen LogP contribution is 2.13. The molecule has 140 valence electrons. The van der Waals surface area contributed by atoms with Crippen LogP contribution in [0.15, 0.2) is 0 Å². The molecule has 0 aromatic carbocycles. The Morgan fingerprint density at radius 1 is 0.435 bits per heavy atom. The zero-order valence-electron chi connectivity index (χ0n) is 18.2. The van der Waals surface area contributed by atoms with E-state index in [0.29, 0.717) is 0 Å². The van der Waals surface area contributed by atoms with Gasteiger partial charge in [-0.05, 0) is 25.7 Å². The summed E-state index contributed by atoms with van der Waals surface area (Å²) in [6.45, 7) is 7.36. The molecule has 0 unspecified atom stereocenters. The van der Waals surface area contributed by atoms with Gasteiger partial charge in [-0.25, -0.2) is 0 Å². The molecule has 0 spiro atoms. The molecule has 1 heteroatoms. The van der Waals surface area contributed by atoms with Crippen LogP contribution in [-0.4, -0.2) is 31.7 Å². The van der Waals surface area contributed by atoms with Crippen molar-refractivity contribution in [3.63, 3.8) is 0 Å². The lowest BCUT2D eigenvalue weighted by Crippen LogP contribution is -2.41. The van der Waals surface area contributed by atoms with Gasteiger partial charge in [0.05, 0.1) is 27.2 Å². The van der Waals surface area contributed by atoms with E-state index in [-0.39, 0.29) is 1.43 Å². The van der Waals surface area contributed by atoms with Crippen LogP contribution in [-0.2, 0) is 0 Å². The summed E-state index contributed by atoms with van der Waals surface area (Å²) in [6.07, 6.45) is 23.0. The Morgan fingerprint density at radius 3 is 1.00 bits per heavy atom. The van der Waals surface area contributed by atoms with Crippen molar-refractivity contribution < 1.29 is 5.91 Å². The standard InChI is InChI=1S/C22H48N/c1-5-7-9-11-13-15-17-19-21-23(3,4)22-20-18-16-14-12-10-8-6-2/h5-22H2,1-4H3/q+1/p+1. The molecule has 0 aliphatic heterocycles. The summed E-state index contributed by atoms with van der Waals surface area (Å²) in [5.74, 6) is 0. The number of hydrogen-bond donors (Lipinski definition) is 0. The molecule has 0 atom stereocenters. The normalized spacial score (nSPS) is 12.0. The van der Waals surface area contributed by atoms with E-state index in [4.69, 9.17) is 0 Å². The molecule has 0 N–H and O–H groups in total. The second kappa shape index (κ2) is 16.8. The van der Waals surface area contributed by atoms with Crippen LogP contribution in [0, 0.1) is 0 Å². The largest absolute Gasteiger partial charge is 1.00 e. The van der Waals surface area contributed by atoms with Crippen molar-refractivity contribution in [1.82, 2.24) is 0 Å². The molecular formula is C22H49N+2. The average Bonchev–Trinajstić information content (AvgIpc) is 2.52. The quantitative estimate of drug-likeness (QED) is 0.181. The van der Waals surface area contributed by atoms with Crippen molar-refractivity contribution in [2.24, 2.45) is 0 Å². The first-order valence-electron chi connectivity index (χ1n) is 10.9. The first-order valence-corrected chi connectivity index (χ1v) is 10.9. The summed E-state index contributed by atoms with van der Waals surface area (Å²) < 4.78 is 1.24. The first kappa shape index (κ1) is 23.0. The predicted molar refractivity (Wildman–Crippen MR) is 108 cm³/mol. The van der Waals surface area contributed by atoms with Gasteiger partial charge in [0.25, 0.3) is 0 Å². The van der Waals surface area contributed by atoms with E-state index in [1.54, 1.807) is 0 Å². The van der Waals surface area contributed by atoms with Gasteiger partial charge in [0, 0.05) is 0 Å². The Bertz CT molecular complexity index is 206. The van der Waals surface area contributed by atoms with Crippen LogP contribution in [0.4, 0.5) is 0 Å². The molecule has 0 bridgehead atoms. The fourth-order valence-corrected chi connectivity index (χ4v) is 3.46. The number of hydrogen-bond acceptors (Lipinski definition) is 0. The third-order valence-corrected chi connectivity index (χ3v) is 5.23. The smallest absolute Gasteiger partial charge is 0.328 e. The molecule has 0 saturated heterocycles. The molecule has 0 aliphatic carbocycles. The fourth-order valence-electron chi connectivity index (χ4n) is 3.46. The van der Waals surface area contributed by atoms with Crippen LogP contribution >= 0.6 is 0 Å². The van der Waals surface area contributed by atoms with Crippen molar-refractivity contribution in [2.75, 3.05) is 27.2 Å². The van der Waals surface area contributed by atoms with E-state index in [1.165, 1.54) is 120 Å². The lowest BCUT2D eigenvalue weighted by Gasteiger charge is -2.30. The van der Waals surface area contributed by atoms with E-state index in [0.717, 1.165) is 0 Å². The molecule has 0 aromatic heterocycles. The maximum atomic E-state index is 2.43. The van der Waals surface area contributed by atoms with Gasteiger partial charge in [0.2, 0.25) is 0 Å². The van der Waals surface area contributed by atoms with Gasteiger partial charge < -0.3 is 4.48 Å². The van der Waals surface area contributed by atoms with Crippen molar-refractivity contribution in [3.05, 3.63) is 0 Å². The highest BCUT2D eigenvalue weighted by atomic mass is 15.3. The molecule has 0 rings (SSSR count). The zero-order chi connectivity index (χ0) is 17.2. The van der Waals surface area contributed by atoms with Crippen LogP contribution in [0.1, 0.15) is 118 Å². The van der Waals surface area contributed by atoms with Crippen LogP contribution in [0.3, 0.4) is 0 Å². The van der Waals surface area contributed by atoms with Gasteiger partial charge >= 0.3 is 1.43 Å². The second-order valence-corrected chi connectivity index (χ2v) is 8.33. The Kier molecular flexibility index (Phi) is 16.8. The van der Waals surface area contributed by atoms with Gasteiger partial charge in [-0.1, -0.05) is 90.9 Å². The minimum Gasteiger partial charge on any atom is -0.328 e. The monoisotopic (exact) mass is 327 g/mol. The Labute approximate surface area is 150 Å². The Hall–Kier alpha value is -0.0400. The van der Waals surface area contributed by atoms with Crippen LogP contribution in [0.2, 0.25) is 0 Å². The summed E-state index contributed by atoms with van der Waals surface area (Å²) in [6, 6.07) is 0. The lowest BCUT2D eigenvalue weighted by molar-refractivity contribution is -0.890. The van der Waals surface area contributed by atoms with Crippen LogP contribution in [0.5, 0.6) is 0 Å². The van der Waals surface area contributed by atoms with Crippen molar-refractivity contribution in [1.29, 1.82) is 0 Å². The Balaban J connectivity index is 0. The number of rotatable bonds is 18. The van der Waals surface area contributed by atoms with Crippen LogP contribution in [0.25, 0.3) is 0 Å². The maximum Gasteiger partial charge on any atom is 1.00 e. The molecular weight excluding hydrogens is 278 g/mol. The van der Waals surface area contributed by atoms with Crippen LogP contribution < -0.4 is 0 Å². The SMILES string of the molecule is CCCCCCCCCC[N+](C)(C)CCCCCCCCCC.[H+]. The second-order valence-electron chi connectivity index (χ2n) is 8.33. The molecule has 0 fully saturated rings. The van der Waals surface area contributed by atoms with Crippen molar-refractivity contribution in [3.8, 4) is 0 Å². The van der Waals surface area contributed by atoms with Gasteiger partial charge in [-0.3, -0.25) is 0 Å². The van der Waals surface area contributed by atoms with E-state index in [2.05, 4.69) is 27.9 Å². The molecule has 0 heterocycles. The van der Waals surface area contributed by atoms with Crippen molar-refractivity contribution in [2.45, 2.75) is 117 Å². The number of nitrogens with zero attached hydrogens (tertiary/aromatic N) is 1. The lowest BCUT2D eigenvalue weighted by atomic mass is 10.1. The fraction of sp³-hybridized carbons (Fsp3) is 1.00. The number of unbranched alkanes of at least 4 members (excludes halogenated alkanes) is 14. The summed E-state index contributed by atoms with van der Waals surface area (Å²) in [4.78, 5) is 0. The third-order valence-electron chi connectivity index (χ3n) is 5.23.